The molecule has 0 saturated carbocycles. The zero-order valence-electron chi connectivity index (χ0n) is 12.8. The van der Waals surface area contributed by atoms with Gasteiger partial charge in [0.15, 0.2) is 0 Å². The second kappa shape index (κ2) is 5.69. The van der Waals surface area contributed by atoms with Gasteiger partial charge in [-0.05, 0) is 26.3 Å². The van der Waals surface area contributed by atoms with Crippen LogP contribution in [0.4, 0.5) is 0 Å². The maximum Gasteiger partial charge on any atom is 0.255 e. The first-order valence-electron chi connectivity index (χ1n) is 6.88. The van der Waals surface area contributed by atoms with Crippen LogP contribution in [0.5, 0.6) is 0 Å². The molecular weight excluding hydrogens is 266 g/mol. The van der Waals surface area contributed by atoms with E-state index in [1.54, 1.807) is 18.5 Å². The Kier molecular flexibility index (Phi) is 4.14. The van der Waals surface area contributed by atoms with E-state index in [0.29, 0.717) is 11.3 Å². The van der Waals surface area contributed by atoms with Crippen LogP contribution in [0.1, 0.15) is 34.2 Å². The van der Waals surface area contributed by atoms with Gasteiger partial charge in [-0.25, -0.2) is 0 Å². The minimum absolute atomic E-state index is 0.179. The summed E-state index contributed by atoms with van der Waals surface area (Å²) in [4.78, 5) is 12.6. The van der Waals surface area contributed by atoms with E-state index in [9.17, 15) is 9.90 Å². The van der Waals surface area contributed by atoms with E-state index < -0.39 is 5.54 Å². The summed E-state index contributed by atoms with van der Waals surface area (Å²) in [5, 5.41) is 16.9. The van der Waals surface area contributed by atoms with Crippen LogP contribution in [0.3, 0.4) is 0 Å². The Balaban J connectivity index is 2.33. The Morgan fingerprint density at radius 2 is 1.95 bits per heavy atom. The summed E-state index contributed by atoms with van der Waals surface area (Å²) in [5.74, 6) is -0.224. The van der Waals surface area contributed by atoms with Crippen LogP contribution in [-0.2, 0) is 12.6 Å². The van der Waals surface area contributed by atoms with Crippen molar-refractivity contribution in [2.45, 2.75) is 26.3 Å². The van der Waals surface area contributed by atoms with Crippen LogP contribution >= 0.6 is 0 Å². The summed E-state index contributed by atoms with van der Waals surface area (Å²) in [6, 6.07) is 9.45. The average Bonchev–Trinajstić information content (AvgIpc) is 2.73. The first-order valence-corrected chi connectivity index (χ1v) is 6.88. The maximum absolute atomic E-state index is 12.6. The molecule has 0 aliphatic rings. The van der Waals surface area contributed by atoms with Crippen molar-refractivity contribution < 1.29 is 9.90 Å². The quantitative estimate of drug-likeness (QED) is 0.899. The smallest absolute Gasteiger partial charge is 0.255 e. The molecule has 0 radical (unpaired) electrons. The fourth-order valence-electron chi connectivity index (χ4n) is 2.42. The largest absolute Gasteiger partial charge is 0.394 e. The van der Waals surface area contributed by atoms with Crippen LogP contribution in [0.15, 0.2) is 30.3 Å². The molecule has 1 atom stereocenters. The topological polar surface area (TPSA) is 67.2 Å². The van der Waals surface area contributed by atoms with E-state index >= 15 is 0 Å². The molecule has 1 heterocycles. The summed E-state index contributed by atoms with van der Waals surface area (Å²) in [6.45, 7) is 5.29. The van der Waals surface area contributed by atoms with Crippen LogP contribution in [0.2, 0.25) is 0 Å². The molecule has 2 rings (SSSR count). The number of aromatic nitrogens is 2. The van der Waals surface area contributed by atoms with E-state index in [1.165, 1.54) is 0 Å². The second-order valence-electron chi connectivity index (χ2n) is 5.48. The molecule has 0 fully saturated rings. The van der Waals surface area contributed by atoms with Gasteiger partial charge < -0.3 is 10.4 Å². The van der Waals surface area contributed by atoms with Crippen molar-refractivity contribution in [2.75, 3.05) is 6.61 Å². The van der Waals surface area contributed by atoms with Gasteiger partial charge >= 0.3 is 0 Å². The predicted molar refractivity (Wildman–Crippen MR) is 81.0 cm³/mol. The predicted octanol–water partition coefficient (Wildman–Crippen LogP) is 1.67. The van der Waals surface area contributed by atoms with E-state index in [2.05, 4.69) is 10.4 Å². The number of hydrogen-bond donors (Lipinski definition) is 2. The number of aliphatic hydroxyl groups is 1. The molecule has 1 unspecified atom stereocenters. The number of aryl methyl sites for hydroxylation is 2. The number of nitrogens with zero attached hydrogens (tertiary/aromatic N) is 2. The molecule has 1 amide bonds. The van der Waals surface area contributed by atoms with Gasteiger partial charge in [0.25, 0.3) is 5.91 Å². The van der Waals surface area contributed by atoms with Crippen molar-refractivity contribution in [1.29, 1.82) is 0 Å². The van der Waals surface area contributed by atoms with E-state index in [0.717, 1.165) is 11.3 Å². The lowest BCUT2D eigenvalue weighted by Gasteiger charge is -2.29. The number of amides is 1. The maximum atomic E-state index is 12.6. The molecule has 1 aromatic heterocycles. The van der Waals surface area contributed by atoms with Crippen molar-refractivity contribution in [1.82, 2.24) is 15.1 Å². The highest BCUT2D eigenvalue weighted by Crippen LogP contribution is 2.21. The standard InChI is InChI=1S/C16H21N3O2/c1-11-14(12(2)19(4)18-11)15(21)17-16(3,10-20)13-8-6-5-7-9-13/h5-9,20H,10H2,1-4H3,(H,17,21). The van der Waals surface area contributed by atoms with E-state index in [1.807, 2.05) is 44.3 Å². The highest BCUT2D eigenvalue weighted by Gasteiger charge is 2.30. The summed E-state index contributed by atoms with van der Waals surface area (Å²) < 4.78 is 1.68. The molecule has 0 bridgehead atoms. The molecule has 5 nitrogen and oxygen atoms in total. The third-order valence-electron chi connectivity index (χ3n) is 3.85. The van der Waals surface area contributed by atoms with Crippen LogP contribution in [0, 0.1) is 13.8 Å². The molecule has 21 heavy (non-hydrogen) atoms. The number of rotatable bonds is 4. The fourth-order valence-corrected chi connectivity index (χ4v) is 2.42. The Bertz CT molecular complexity index is 649. The number of carbonyl (C=O) groups excluding carboxylic acids is 1. The van der Waals surface area contributed by atoms with Crippen molar-refractivity contribution in [3.8, 4) is 0 Å². The van der Waals surface area contributed by atoms with Gasteiger partial charge in [0.05, 0.1) is 23.4 Å². The second-order valence-corrected chi connectivity index (χ2v) is 5.48. The lowest BCUT2D eigenvalue weighted by molar-refractivity contribution is 0.0848. The Hall–Kier alpha value is -2.14. The average molecular weight is 287 g/mol. The molecule has 112 valence electrons. The Labute approximate surface area is 124 Å². The Morgan fingerprint density at radius 3 is 2.43 bits per heavy atom. The van der Waals surface area contributed by atoms with Crippen LogP contribution in [-0.4, -0.2) is 27.4 Å². The van der Waals surface area contributed by atoms with Crippen molar-refractivity contribution >= 4 is 5.91 Å². The Morgan fingerprint density at radius 1 is 1.33 bits per heavy atom. The van der Waals surface area contributed by atoms with Gasteiger partial charge in [-0.2, -0.15) is 5.10 Å². The van der Waals surface area contributed by atoms with Crippen molar-refractivity contribution in [2.24, 2.45) is 7.05 Å². The van der Waals surface area contributed by atoms with Gasteiger partial charge in [-0.1, -0.05) is 30.3 Å². The molecule has 0 aliphatic carbocycles. The lowest BCUT2D eigenvalue weighted by Crippen LogP contribution is -2.46. The number of aliphatic hydroxyl groups excluding tert-OH is 1. The molecule has 2 aromatic rings. The third-order valence-corrected chi connectivity index (χ3v) is 3.85. The zero-order valence-corrected chi connectivity index (χ0v) is 12.8. The number of hydrogen-bond acceptors (Lipinski definition) is 3. The molecule has 2 N–H and O–H groups in total. The van der Waals surface area contributed by atoms with Gasteiger partial charge in [0.2, 0.25) is 0 Å². The van der Waals surface area contributed by atoms with E-state index in [-0.39, 0.29) is 12.5 Å². The monoisotopic (exact) mass is 287 g/mol. The summed E-state index contributed by atoms with van der Waals surface area (Å²) in [6.07, 6.45) is 0. The summed E-state index contributed by atoms with van der Waals surface area (Å²) in [5.41, 5.74) is 2.08. The highest BCUT2D eigenvalue weighted by atomic mass is 16.3. The van der Waals surface area contributed by atoms with E-state index in [4.69, 9.17) is 0 Å². The van der Waals surface area contributed by atoms with Crippen molar-refractivity contribution in [3.63, 3.8) is 0 Å². The molecule has 0 saturated heterocycles. The zero-order chi connectivity index (χ0) is 15.6. The van der Waals surface area contributed by atoms with Crippen LogP contribution in [0.25, 0.3) is 0 Å². The fraction of sp³-hybridized carbons (Fsp3) is 0.375. The lowest BCUT2D eigenvalue weighted by atomic mass is 9.92. The summed E-state index contributed by atoms with van der Waals surface area (Å²) in [7, 11) is 1.81. The minimum Gasteiger partial charge on any atom is -0.394 e. The number of carbonyl (C=O) groups is 1. The van der Waals surface area contributed by atoms with Gasteiger partial charge in [0, 0.05) is 12.7 Å². The van der Waals surface area contributed by atoms with Gasteiger partial charge in [-0.15, -0.1) is 0 Å². The minimum atomic E-state index is -0.826. The SMILES string of the molecule is Cc1nn(C)c(C)c1C(=O)NC(C)(CO)c1ccccc1. The van der Waals surface area contributed by atoms with Gasteiger partial charge in [-0.3, -0.25) is 9.48 Å². The molecular formula is C16H21N3O2. The first-order chi connectivity index (χ1) is 9.89. The highest BCUT2D eigenvalue weighted by molar-refractivity contribution is 5.96. The molecule has 0 spiro atoms. The van der Waals surface area contributed by atoms with Gasteiger partial charge in [0.1, 0.15) is 0 Å². The molecule has 5 heteroatoms. The first kappa shape index (κ1) is 15.3. The van der Waals surface area contributed by atoms with Crippen LogP contribution < -0.4 is 5.32 Å². The summed E-state index contributed by atoms with van der Waals surface area (Å²) >= 11 is 0. The number of nitrogens with one attached hydrogen (secondary N) is 1. The molecule has 1 aromatic carbocycles. The number of benzene rings is 1. The normalized spacial score (nSPS) is 13.8. The third kappa shape index (κ3) is 2.83. The van der Waals surface area contributed by atoms with Crippen molar-refractivity contribution in [3.05, 3.63) is 52.8 Å². The molecule has 0 aliphatic heterocycles.